The number of hydrogen-bond acceptors (Lipinski definition) is 2. The van der Waals surface area contributed by atoms with Crippen molar-refractivity contribution in [2.24, 2.45) is 5.73 Å². The molecule has 2 rings (SSSR count). The van der Waals surface area contributed by atoms with Crippen molar-refractivity contribution in [1.82, 2.24) is 0 Å². The second kappa shape index (κ2) is 1.95. The van der Waals surface area contributed by atoms with Crippen LogP contribution in [0.2, 0.25) is 0 Å². The van der Waals surface area contributed by atoms with E-state index in [0.717, 1.165) is 5.56 Å². The Morgan fingerprint density at radius 3 is 2.64 bits per heavy atom. The lowest BCUT2D eigenvalue weighted by Gasteiger charge is -1.93. The van der Waals surface area contributed by atoms with E-state index in [1.807, 2.05) is 18.2 Å². The molecule has 11 heavy (non-hydrogen) atoms. The summed E-state index contributed by atoms with van der Waals surface area (Å²) < 4.78 is 0. The van der Waals surface area contributed by atoms with Crippen LogP contribution in [-0.2, 0) is 0 Å². The van der Waals surface area contributed by atoms with Crippen molar-refractivity contribution in [3.63, 3.8) is 0 Å². The second-order valence-electron chi connectivity index (χ2n) is 2.52. The van der Waals surface area contributed by atoms with Crippen molar-refractivity contribution in [3.8, 4) is 0 Å². The Morgan fingerprint density at radius 2 is 1.91 bits per heavy atom. The Morgan fingerprint density at radius 1 is 1.18 bits per heavy atom. The van der Waals surface area contributed by atoms with Crippen LogP contribution in [0.1, 0.15) is 15.9 Å². The van der Waals surface area contributed by atoms with Gasteiger partial charge in [0.25, 0.3) is 0 Å². The molecule has 1 aliphatic carbocycles. The van der Waals surface area contributed by atoms with Crippen molar-refractivity contribution >= 4 is 11.9 Å². The molecule has 2 N–H and O–H groups in total. The molecular formula is C9H7NO. The minimum Gasteiger partial charge on any atom is -0.396 e. The summed E-state index contributed by atoms with van der Waals surface area (Å²) >= 11 is 0. The Balaban J connectivity index is 2.67. The number of carbonyl (C=O) groups excluding carboxylic acids is 1. The van der Waals surface area contributed by atoms with E-state index in [0.29, 0.717) is 11.3 Å². The van der Waals surface area contributed by atoms with Crippen LogP contribution in [0, 0.1) is 0 Å². The average Bonchev–Trinajstić information content (AvgIpc) is 2.30. The average molecular weight is 145 g/mol. The normalized spacial score (nSPS) is 14.5. The highest BCUT2D eigenvalue weighted by Crippen LogP contribution is 2.21. The van der Waals surface area contributed by atoms with E-state index in [9.17, 15) is 4.79 Å². The fourth-order valence-electron chi connectivity index (χ4n) is 1.22. The van der Waals surface area contributed by atoms with Crippen LogP contribution in [0.5, 0.6) is 0 Å². The molecular weight excluding hydrogens is 138 g/mol. The van der Waals surface area contributed by atoms with E-state index < -0.39 is 0 Å². The molecule has 0 saturated heterocycles. The molecule has 0 fully saturated rings. The highest BCUT2D eigenvalue weighted by Gasteiger charge is 2.18. The van der Waals surface area contributed by atoms with E-state index in [4.69, 9.17) is 5.73 Å². The summed E-state index contributed by atoms with van der Waals surface area (Å²) in [5.74, 6) is -0.0550. The predicted octanol–water partition coefficient (Wildman–Crippen LogP) is 1.18. The molecule has 1 aromatic rings. The van der Waals surface area contributed by atoms with E-state index in [1.54, 1.807) is 12.1 Å². The molecule has 1 aromatic carbocycles. The minimum atomic E-state index is -0.0550. The molecule has 2 nitrogen and oxygen atoms in total. The van der Waals surface area contributed by atoms with Crippen LogP contribution in [-0.4, -0.2) is 5.78 Å². The van der Waals surface area contributed by atoms with Gasteiger partial charge in [0.2, 0.25) is 5.78 Å². The molecule has 1 aliphatic rings. The van der Waals surface area contributed by atoms with Crippen molar-refractivity contribution in [2.75, 3.05) is 0 Å². The van der Waals surface area contributed by atoms with Crippen LogP contribution >= 0.6 is 0 Å². The quantitative estimate of drug-likeness (QED) is 0.595. The first-order valence-electron chi connectivity index (χ1n) is 3.40. The molecule has 54 valence electrons. The second-order valence-corrected chi connectivity index (χ2v) is 2.52. The Hall–Kier alpha value is -1.57. The monoisotopic (exact) mass is 145 g/mol. The topological polar surface area (TPSA) is 43.1 Å². The highest BCUT2D eigenvalue weighted by molar-refractivity contribution is 6.17. The lowest BCUT2D eigenvalue weighted by Crippen LogP contribution is -2.05. The first kappa shape index (κ1) is 6.16. The van der Waals surface area contributed by atoms with Gasteiger partial charge in [-0.1, -0.05) is 24.3 Å². The summed E-state index contributed by atoms with van der Waals surface area (Å²) in [5, 5.41) is 0. The Bertz CT molecular complexity index is 352. The SMILES string of the molecule is NC1=Cc2ccccc2C1=O. The standard InChI is InChI=1S/C9H7NO/c10-8-5-6-3-1-2-4-7(6)9(8)11/h1-5H,(H2,10,11). The van der Waals surface area contributed by atoms with Crippen molar-refractivity contribution < 1.29 is 4.79 Å². The van der Waals surface area contributed by atoms with Gasteiger partial charge in [-0.05, 0) is 11.6 Å². The Kier molecular flexibility index (Phi) is 1.09. The number of allylic oxidation sites excluding steroid dienone is 1. The van der Waals surface area contributed by atoms with Crippen LogP contribution in [0.25, 0.3) is 6.08 Å². The maximum absolute atomic E-state index is 11.2. The number of Topliss-reactive ketones (excluding diaryl/α,β-unsaturated/α-hetero) is 1. The van der Waals surface area contributed by atoms with E-state index >= 15 is 0 Å². The van der Waals surface area contributed by atoms with Crippen molar-refractivity contribution in [1.29, 1.82) is 0 Å². The van der Waals surface area contributed by atoms with Crippen LogP contribution in [0.4, 0.5) is 0 Å². The molecule has 2 heteroatoms. The van der Waals surface area contributed by atoms with Crippen LogP contribution < -0.4 is 5.73 Å². The minimum absolute atomic E-state index is 0.0550. The zero-order valence-corrected chi connectivity index (χ0v) is 5.87. The number of nitrogens with two attached hydrogens (primary N) is 1. The number of fused-ring (bicyclic) bond motifs is 1. The predicted molar refractivity (Wildman–Crippen MR) is 42.9 cm³/mol. The number of rotatable bonds is 0. The molecule has 0 heterocycles. The first-order chi connectivity index (χ1) is 5.29. The van der Waals surface area contributed by atoms with Crippen molar-refractivity contribution in [2.45, 2.75) is 0 Å². The number of carbonyl (C=O) groups is 1. The smallest absolute Gasteiger partial charge is 0.209 e. The third-order valence-electron chi connectivity index (χ3n) is 1.78. The fourth-order valence-corrected chi connectivity index (χ4v) is 1.22. The molecule has 0 aromatic heterocycles. The van der Waals surface area contributed by atoms with Gasteiger partial charge in [0.05, 0.1) is 5.70 Å². The summed E-state index contributed by atoms with van der Waals surface area (Å²) in [7, 11) is 0. The van der Waals surface area contributed by atoms with Gasteiger partial charge < -0.3 is 5.73 Å². The van der Waals surface area contributed by atoms with Gasteiger partial charge in [-0.3, -0.25) is 4.79 Å². The number of benzene rings is 1. The van der Waals surface area contributed by atoms with Gasteiger partial charge in [-0.2, -0.15) is 0 Å². The van der Waals surface area contributed by atoms with E-state index in [-0.39, 0.29) is 5.78 Å². The van der Waals surface area contributed by atoms with Gasteiger partial charge >= 0.3 is 0 Å². The Labute approximate surface area is 64.3 Å². The lowest BCUT2D eigenvalue weighted by molar-refractivity contribution is 0.103. The molecule has 0 radical (unpaired) electrons. The van der Waals surface area contributed by atoms with Crippen molar-refractivity contribution in [3.05, 3.63) is 41.1 Å². The third-order valence-corrected chi connectivity index (χ3v) is 1.78. The summed E-state index contributed by atoms with van der Waals surface area (Å²) in [4.78, 5) is 11.2. The summed E-state index contributed by atoms with van der Waals surface area (Å²) in [5.41, 5.74) is 7.42. The van der Waals surface area contributed by atoms with Gasteiger partial charge in [-0.25, -0.2) is 0 Å². The lowest BCUT2D eigenvalue weighted by atomic mass is 10.1. The zero-order chi connectivity index (χ0) is 7.84. The molecule has 0 spiro atoms. The third kappa shape index (κ3) is 0.759. The summed E-state index contributed by atoms with van der Waals surface area (Å²) in [6.07, 6.45) is 1.71. The molecule has 0 amide bonds. The fraction of sp³-hybridized carbons (Fsp3) is 0. The molecule has 0 atom stereocenters. The molecule has 0 bridgehead atoms. The summed E-state index contributed by atoms with van der Waals surface area (Å²) in [6, 6.07) is 7.39. The van der Waals surface area contributed by atoms with Gasteiger partial charge in [0.1, 0.15) is 0 Å². The zero-order valence-electron chi connectivity index (χ0n) is 5.87. The van der Waals surface area contributed by atoms with Gasteiger partial charge in [0, 0.05) is 5.56 Å². The first-order valence-corrected chi connectivity index (χ1v) is 3.40. The van der Waals surface area contributed by atoms with E-state index in [1.165, 1.54) is 0 Å². The maximum Gasteiger partial charge on any atom is 0.209 e. The molecule has 0 unspecified atom stereocenters. The van der Waals surface area contributed by atoms with Crippen LogP contribution in [0.3, 0.4) is 0 Å². The number of hydrogen-bond donors (Lipinski definition) is 1. The van der Waals surface area contributed by atoms with Crippen LogP contribution in [0.15, 0.2) is 30.0 Å². The van der Waals surface area contributed by atoms with Gasteiger partial charge in [-0.15, -0.1) is 0 Å². The number of ketones is 1. The largest absolute Gasteiger partial charge is 0.396 e. The highest BCUT2D eigenvalue weighted by atomic mass is 16.1. The van der Waals surface area contributed by atoms with Gasteiger partial charge in [0.15, 0.2) is 0 Å². The molecule has 0 saturated carbocycles. The molecule has 0 aliphatic heterocycles. The summed E-state index contributed by atoms with van der Waals surface area (Å²) in [6.45, 7) is 0. The van der Waals surface area contributed by atoms with E-state index in [2.05, 4.69) is 0 Å². The maximum atomic E-state index is 11.2.